The Kier molecular flexibility index (Phi) is 2.89. The van der Waals surface area contributed by atoms with Gasteiger partial charge in [0.25, 0.3) is 0 Å². The van der Waals surface area contributed by atoms with Crippen LogP contribution in [0.2, 0.25) is 0 Å². The number of epoxide rings is 1. The molecular formula is C11H13BrO4. The summed E-state index contributed by atoms with van der Waals surface area (Å²) in [6, 6.07) is 0. The van der Waals surface area contributed by atoms with Crippen LogP contribution in [0, 0.1) is 11.8 Å². The Hall–Kier alpha value is -0.380. The van der Waals surface area contributed by atoms with Crippen molar-refractivity contribution in [1.29, 1.82) is 0 Å². The minimum atomic E-state index is -1.29. The summed E-state index contributed by atoms with van der Waals surface area (Å²) in [4.78, 5) is 0. The van der Waals surface area contributed by atoms with Crippen LogP contribution in [-0.4, -0.2) is 42.9 Å². The Morgan fingerprint density at radius 2 is 2.06 bits per heavy atom. The van der Waals surface area contributed by atoms with E-state index < -0.39 is 17.5 Å². The molecule has 1 N–H and O–H groups in total. The average molecular weight is 289 g/mol. The van der Waals surface area contributed by atoms with Crippen LogP contribution in [0.15, 0.2) is 10.6 Å². The van der Waals surface area contributed by atoms with Crippen LogP contribution < -0.4 is 0 Å². The van der Waals surface area contributed by atoms with Gasteiger partial charge in [0.15, 0.2) is 5.60 Å². The van der Waals surface area contributed by atoms with Crippen molar-refractivity contribution in [3.8, 4) is 11.8 Å². The van der Waals surface area contributed by atoms with Crippen LogP contribution >= 0.6 is 15.9 Å². The Morgan fingerprint density at radius 1 is 1.44 bits per heavy atom. The number of hydrogen-bond donors (Lipinski definition) is 1. The summed E-state index contributed by atoms with van der Waals surface area (Å²) < 4.78 is 16.6. The van der Waals surface area contributed by atoms with Crippen molar-refractivity contribution in [2.45, 2.75) is 30.5 Å². The lowest BCUT2D eigenvalue weighted by molar-refractivity contribution is -0.185. The van der Waals surface area contributed by atoms with E-state index >= 15 is 0 Å². The van der Waals surface area contributed by atoms with Gasteiger partial charge in [0, 0.05) is 18.7 Å². The van der Waals surface area contributed by atoms with E-state index in [0.717, 1.165) is 0 Å². The number of halogens is 1. The van der Waals surface area contributed by atoms with Gasteiger partial charge in [0.2, 0.25) is 5.79 Å². The SMILES string of the molecule is CC#C[C@]1(O)C(Br)=CC(OC)(OC)[C@H]2O[C@H]21. The van der Waals surface area contributed by atoms with Crippen molar-refractivity contribution in [3.05, 3.63) is 10.6 Å². The third kappa shape index (κ3) is 1.45. The summed E-state index contributed by atoms with van der Waals surface area (Å²) in [5.74, 6) is 4.50. The van der Waals surface area contributed by atoms with Gasteiger partial charge in [-0.3, -0.25) is 0 Å². The first-order valence-electron chi connectivity index (χ1n) is 4.85. The molecule has 0 aromatic carbocycles. The molecule has 4 nitrogen and oxygen atoms in total. The number of rotatable bonds is 2. The van der Waals surface area contributed by atoms with Crippen LogP contribution in [0.5, 0.6) is 0 Å². The van der Waals surface area contributed by atoms with Gasteiger partial charge >= 0.3 is 0 Å². The number of aliphatic hydroxyl groups is 1. The minimum absolute atomic E-state index is 0.324. The van der Waals surface area contributed by atoms with Gasteiger partial charge < -0.3 is 19.3 Å². The highest BCUT2D eigenvalue weighted by Gasteiger charge is 2.67. The van der Waals surface area contributed by atoms with Crippen molar-refractivity contribution in [3.63, 3.8) is 0 Å². The number of methoxy groups -OCH3 is 2. The maximum Gasteiger partial charge on any atom is 0.218 e. The van der Waals surface area contributed by atoms with Crippen LogP contribution in [0.25, 0.3) is 0 Å². The third-order valence-corrected chi connectivity index (χ3v) is 3.78. The van der Waals surface area contributed by atoms with E-state index in [1.54, 1.807) is 13.0 Å². The summed E-state index contributed by atoms with van der Waals surface area (Å²) in [5.41, 5.74) is -1.29. The van der Waals surface area contributed by atoms with Crippen molar-refractivity contribution >= 4 is 15.9 Å². The second-order valence-corrected chi connectivity index (χ2v) is 4.59. The maximum atomic E-state index is 10.3. The third-order valence-electron chi connectivity index (χ3n) is 2.95. The Labute approximate surface area is 103 Å². The first kappa shape index (κ1) is 12.1. The lowest BCUT2D eigenvalue weighted by Gasteiger charge is -2.33. The predicted molar refractivity (Wildman–Crippen MR) is 60.8 cm³/mol. The van der Waals surface area contributed by atoms with Gasteiger partial charge in [-0.25, -0.2) is 0 Å². The van der Waals surface area contributed by atoms with Crippen LogP contribution in [0.3, 0.4) is 0 Å². The fourth-order valence-electron chi connectivity index (χ4n) is 2.00. The standard InChI is InChI=1S/C11H13BrO4/c1-4-5-10(13)7(12)6-11(14-2,15-3)9-8(10)16-9/h6,8-9,13H,1-3H3/t8-,9+,10+/m1/s1. The number of hydrogen-bond acceptors (Lipinski definition) is 4. The van der Waals surface area contributed by atoms with Crippen LogP contribution in [-0.2, 0) is 14.2 Å². The van der Waals surface area contributed by atoms with Crippen LogP contribution in [0.1, 0.15) is 6.92 Å². The molecule has 1 aliphatic carbocycles. The molecule has 88 valence electrons. The molecule has 0 aromatic heterocycles. The van der Waals surface area contributed by atoms with Gasteiger partial charge in [-0.1, -0.05) is 21.9 Å². The molecule has 1 saturated heterocycles. The topological polar surface area (TPSA) is 51.2 Å². The fraction of sp³-hybridized carbons (Fsp3) is 0.636. The average Bonchev–Trinajstić information content (AvgIpc) is 3.06. The molecule has 1 heterocycles. The summed E-state index contributed by atoms with van der Waals surface area (Å²) in [7, 11) is 3.07. The first-order chi connectivity index (χ1) is 7.54. The molecule has 0 saturated carbocycles. The molecule has 0 aromatic rings. The molecule has 2 rings (SSSR count). The van der Waals surface area contributed by atoms with E-state index in [-0.39, 0.29) is 6.10 Å². The molecule has 0 bridgehead atoms. The number of ether oxygens (including phenoxy) is 3. The summed E-state index contributed by atoms with van der Waals surface area (Å²) in [5, 5.41) is 10.3. The highest BCUT2D eigenvalue weighted by molar-refractivity contribution is 9.11. The zero-order valence-corrected chi connectivity index (χ0v) is 10.9. The smallest absolute Gasteiger partial charge is 0.218 e. The van der Waals surface area contributed by atoms with E-state index in [4.69, 9.17) is 14.2 Å². The Balaban J connectivity index is 2.43. The second-order valence-electron chi connectivity index (χ2n) is 3.74. The molecular weight excluding hydrogens is 276 g/mol. The summed E-state index contributed by atoms with van der Waals surface area (Å²) in [6.45, 7) is 1.67. The van der Waals surface area contributed by atoms with Crippen molar-refractivity contribution < 1.29 is 19.3 Å². The van der Waals surface area contributed by atoms with E-state index in [1.165, 1.54) is 14.2 Å². The molecule has 0 spiro atoms. The zero-order chi connectivity index (χ0) is 12.0. The van der Waals surface area contributed by atoms with Gasteiger partial charge in [0.1, 0.15) is 12.2 Å². The van der Waals surface area contributed by atoms with Crippen molar-refractivity contribution in [1.82, 2.24) is 0 Å². The number of fused-ring (bicyclic) bond motifs is 1. The van der Waals surface area contributed by atoms with Gasteiger partial charge in [-0.15, -0.1) is 5.92 Å². The molecule has 0 amide bonds. The van der Waals surface area contributed by atoms with Gasteiger partial charge in [-0.2, -0.15) is 0 Å². The molecule has 3 atom stereocenters. The van der Waals surface area contributed by atoms with Gasteiger partial charge in [0.05, 0.1) is 0 Å². The Bertz CT molecular complexity index is 391. The van der Waals surface area contributed by atoms with Crippen molar-refractivity contribution in [2.24, 2.45) is 0 Å². The Morgan fingerprint density at radius 3 is 2.56 bits per heavy atom. The van der Waals surface area contributed by atoms with E-state index in [1.807, 2.05) is 0 Å². The normalized spacial score (nSPS) is 39.2. The van der Waals surface area contributed by atoms with E-state index in [9.17, 15) is 5.11 Å². The largest absolute Gasteiger partial charge is 0.371 e. The lowest BCUT2D eigenvalue weighted by atomic mass is 9.88. The predicted octanol–water partition coefficient (Wildman–Crippen LogP) is 0.790. The summed E-state index contributed by atoms with van der Waals surface area (Å²) >= 11 is 3.30. The van der Waals surface area contributed by atoms with E-state index in [0.29, 0.717) is 4.48 Å². The molecule has 1 fully saturated rings. The minimum Gasteiger partial charge on any atom is -0.371 e. The lowest BCUT2D eigenvalue weighted by Crippen LogP contribution is -2.49. The molecule has 1 aliphatic heterocycles. The zero-order valence-electron chi connectivity index (χ0n) is 9.28. The molecule has 5 heteroatoms. The van der Waals surface area contributed by atoms with Gasteiger partial charge in [-0.05, 0) is 13.0 Å². The molecule has 16 heavy (non-hydrogen) atoms. The first-order valence-corrected chi connectivity index (χ1v) is 5.64. The fourth-order valence-corrected chi connectivity index (χ4v) is 2.64. The molecule has 0 unspecified atom stereocenters. The highest BCUT2D eigenvalue weighted by atomic mass is 79.9. The quantitative estimate of drug-likeness (QED) is 0.464. The monoisotopic (exact) mass is 288 g/mol. The van der Waals surface area contributed by atoms with Crippen molar-refractivity contribution in [2.75, 3.05) is 14.2 Å². The highest BCUT2D eigenvalue weighted by Crippen LogP contribution is 2.51. The maximum absolute atomic E-state index is 10.3. The molecule has 0 radical (unpaired) electrons. The summed E-state index contributed by atoms with van der Waals surface area (Å²) in [6.07, 6.45) is 0.916. The molecule has 2 aliphatic rings. The second kappa shape index (κ2) is 3.83. The van der Waals surface area contributed by atoms with E-state index in [2.05, 4.69) is 27.8 Å². The van der Waals surface area contributed by atoms with Crippen LogP contribution in [0.4, 0.5) is 0 Å².